The van der Waals surface area contributed by atoms with Crippen LogP contribution < -0.4 is 0 Å². The number of nitrogens with zero attached hydrogens (tertiary/aromatic N) is 3. The van der Waals surface area contributed by atoms with E-state index in [2.05, 4.69) is 133 Å². The normalized spacial score (nSPS) is 11.5. The molecule has 0 unspecified atom stereocenters. The standard InChI is InChI=1S/C57H35N3O2/c1-6-18-36(19-7-1)41-32-34-43(38-22-10-3-11-23-38)53-51(41)49-45(28-16-30-47(49)61-53)56-58-55(40-26-14-5-15-27-40)59-57(60-56)46-29-17-31-48-50(46)52-42(37-20-8-2-9-21-37)33-35-44(54(52)62-48)39-24-12-4-13-25-39/h1-35H. The molecule has 0 saturated carbocycles. The van der Waals surface area contributed by atoms with Gasteiger partial charge in [0.25, 0.3) is 0 Å². The molecule has 0 aliphatic carbocycles. The minimum Gasteiger partial charge on any atom is -0.455 e. The molecule has 9 aromatic carbocycles. The fourth-order valence-corrected chi connectivity index (χ4v) is 8.95. The molecular weight excluding hydrogens is 759 g/mol. The van der Waals surface area contributed by atoms with Crippen LogP contribution in [0.5, 0.6) is 0 Å². The lowest BCUT2D eigenvalue weighted by atomic mass is 9.93. The second kappa shape index (κ2) is 14.7. The van der Waals surface area contributed by atoms with Crippen LogP contribution in [0.25, 0.3) is 123 Å². The zero-order valence-corrected chi connectivity index (χ0v) is 33.4. The molecule has 0 N–H and O–H groups in total. The van der Waals surface area contributed by atoms with E-state index in [1.807, 2.05) is 78.9 Å². The van der Waals surface area contributed by atoms with Gasteiger partial charge in [0.05, 0.1) is 0 Å². The van der Waals surface area contributed by atoms with E-state index in [-0.39, 0.29) is 0 Å². The van der Waals surface area contributed by atoms with E-state index in [0.717, 1.165) is 105 Å². The van der Waals surface area contributed by atoms with E-state index >= 15 is 0 Å². The van der Waals surface area contributed by atoms with Gasteiger partial charge in [-0.3, -0.25) is 0 Å². The van der Waals surface area contributed by atoms with Crippen LogP contribution >= 0.6 is 0 Å². The summed E-state index contributed by atoms with van der Waals surface area (Å²) < 4.78 is 13.8. The molecule has 0 saturated heterocycles. The van der Waals surface area contributed by atoms with Crippen LogP contribution in [0, 0.1) is 0 Å². The maximum absolute atomic E-state index is 6.91. The Kier molecular flexibility index (Phi) is 8.42. The van der Waals surface area contributed by atoms with Crippen molar-refractivity contribution < 1.29 is 8.83 Å². The van der Waals surface area contributed by atoms with Crippen LogP contribution in [0.15, 0.2) is 221 Å². The molecule has 3 aromatic heterocycles. The third-order valence-electron chi connectivity index (χ3n) is 11.8. The summed E-state index contributed by atoms with van der Waals surface area (Å²) in [5, 5.41) is 3.91. The van der Waals surface area contributed by atoms with Crippen LogP contribution in [0.1, 0.15) is 0 Å². The van der Waals surface area contributed by atoms with Gasteiger partial charge < -0.3 is 8.83 Å². The SMILES string of the molecule is c1ccc(-c2nc(-c3cccc4oc5c(-c6ccccc6)ccc(-c6ccccc6)c5c34)nc(-c3cccc4oc5c(-c6ccccc6)ccc(-c6ccccc6)c5c34)n2)cc1. The predicted octanol–water partition coefficient (Wildman–Crippen LogP) is 15.3. The summed E-state index contributed by atoms with van der Waals surface area (Å²) in [5.41, 5.74) is 14.3. The van der Waals surface area contributed by atoms with Gasteiger partial charge in [-0.2, -0.15) is 0 Å². The van der Waals surface area contributed by atoms with Crippen molar-refractivity contribution in [2.75, 3.05) is 0 Å². The Bertz CT molecular complexity index is 3380. The van der Waals surface area contributed by atoms with E-state index < -0.39 is 0 Å². The molecule has 3 heterocycles. The molecule has 12 aromatic rings. The first-order chi connectivity index (χ1) is 30.8. The number of furan rings is 2. The van der Waals surface area contributed by atoms with E-state index in [4.69, 9.17) is 23.8 Å². The Hall–Kier alpha value is -8.41. The molecule has 12 rings (SSSR count). The zero-order valence-electron chi connectivity index (χ0n) is 33.4. The molecule has 0 amide bonds. The van der Waals surface area contributed by atoms with Gasteiger partial charge in [-0.15, -0.1) is 0 Å². The Morgan fingerprint density at radius 3 is 0.935 bits per heavy atom. The summed E-state index contributed by atoms with van der Waals surface area (Å²) in [5.74, 6) is 1.66. The fraction of sp³-hybridized carbons (Fsp3) is 0. The fourth-order valence-electron chi connectivity index (χ4n) is 8.95. The Balaban J connectivity index is 1.16. The second-order valence-electron chi connectivity index (χ2n) is 15.4. The van der Waals surface area contributed by atoms with Gasteiger partial charge in [0.1, 0.15) is 22.3 Å². The molecule has 5 nitrogen and oxygen atoms in total. The van der Waals surface area contributed by atoms with Crippen molar-refractivity contribution in [3.8, 4) is 78.7 Å². The lowest BCUT2D eigenvalue weighted by Gasteiger charge is -2.12. The summed E-state index contributed by atoms with van der Waals surface area (Å²) in [4.78, 5) is 16.0. The second-order valence-corrected chi connectivity index (χ2v) is 15.4. The number of hydrogen-bond donors (Lipinski definition) is 0. The lowest BCUT2D eigenvalue weighted by molar-refractivity contribution is 0.670. The first kappa shape index (κ1) is 35.5. The molecule has 0 spiro atoms. The van der Waals surface area contributed by atoms with Crippen LogP contribution in [0.2, 0.25) is 0 Å². The van der Waals surface area contributed by atoms with Gasteiger partial charge in [-0.25, -0.2) is 15.0 Å². The largest absolute Gasteiger partial charge is 0.455 e. The molecule has 0 bridgehead atoms. The number of rotatable bonds is 7. The highest BCUT2D eigenvalue weighted by atomic mass is 16.3. The number of fused-ring (bicyclic) bond motifs is 6. The molecule has 5 heteroatoms. The summed E-state index contributed by atoms with van der Waals surface area (Å²) in [6.07, 6.45) is 0. The van der Waals surface area contributed by atoms with Crippen LogP contribution in [-0.2, 0) is 0 Å². The molecule has 0 radical (unpaired) electrons. The maximum atomic E-state index is 6.91. The van der Waals surface area contributed by atoms with Crippen molar-refractivity contribution in [3.63, 3.8) is 0 Å². The number of benzene rings is 9. The molecule has 290 valence electrons. The van der Waals surface area contributed by atoms with Gasteiger partial charge in [0, 0.05) is 49.4 Å². The van der Waals surface area contributed by atoms with Gasteiger partial charge in [0.15, 0.2) is 17.5 Å². The lowest BCUT2D eigenvalue weighted by Crippen LogP contribution is -2.00. The van der Waals surface area contributed by atoms with Gasteiger partial charge in [-0.05, 0) is 57.6 Å². The van der Waals surface area contributed by atoms with E-state index in [1.165, 1.54) is 0 Å². The third kappa shape index (κ3) is 5.90. The topological polar surface area (TPSA) is 65.0 Å². The first-order valence-corrected chi connectivity index (χ1v) is 20.8. The Labute approximate surface area is 357 Å². The van der Waals surface area contributed by atoms with E-state index in [1.54, 1.807) is 0 Å². The molecular formula is C57H35N3O2. The van der Waals surface area contributed by atoms with Crippen LogP contribution in [0.4, 0.5) is 0 Å². The van der Waals surface area contributed by atoms with Crippen molar-refractivity contribution in [2.45, 2.75) is 0 Å². The smallest absolute Gasteiger partial charge is 0.164 e. The first-order valence-electron chi connectivity index (χ1n) is 20.8. The highest BCUT2D eigenvalue weighted by Crippen LogP contribution is 2.47. The predicted molar refractivity (Wildman–Crippen MR) is 252 cm³/mol. The molecule has 62 heavy (non-hydrogen) atoms. The Morgan fingerprint density at radius 1 is 0.226 bits per heavy atom. The van der Waals surface area contributed by atoms with Crippen molar-refractivity contribution in [1.29, 1.82) is 0 Å². The average molecular weight is 794 g/mol. The third-order valence-corrected chi connectivity index (χ3v) is 11.8. The highest BCUT2D eigenvalue weighted by molar-refractivity contribution is 6.22. The maximum Gasteiger partial charge on any atom is 0.164 e. The van der Waals surface area contributed by atoms with Crippen molar-refractivity contribution in [3.05, 3.63) is 212 Å². The zero-order chi connectivity index (χ0) is 41.0. The summed E-state index contributed by atoms with van der Waals surface area (Å²) >= 11 is 0. The Morgan fingerprint density at radius 2 is 0.548 bits per heavy atom. The minimum atomic E-state index is 0.546. The van der Waals surface area contributed by atoms with Crippen molar-refractivity contribution in [1.82, 2.24) is 15.0 Å². The molecule has 0 aliphatic rings. The molecule has 0 aliphatic heterocycles. The van der Waals surface area contributed by atoms with E-state index in [0.29, 0.717) is 17.5 Å². The summed E-state index contributed by atoms with van der Waals surface area (Å²) in [7, 11) is 0. The van der Waals surface area contributed by atoms with Crippen LogP contribution in [-0.4, -0.2) is 15.0 Å². The molecule has 0 atom stereocenters. The average Bonchev–Trinajstić information content (AvgIpc) is 3.95. The van der Waals surface area contributed by atoms with Crippen molar-refractivity contribution >= 4 is 43.9 Å². The highest BCUT2D eigenvalue weighted by Gasteiger charge is 2.25. The minimum absolute atomic E-state index is 0.546. The van der Waals surface area contributed by atoms with Crippen molar-refractivity contribution in [2.24, 2.45) is 0 Å². The summed E-state index contributed by atoms with van der Waals surface area (Å²) in [6, 6.07) is 73.0. The summed E-state index contributed by atoms with van der Waals surface area (Å²) in [6.45, 7) is 0. The number of hydrogen-bond acceptors (Lipinski definition) is 5. The van der Waals surface area contributed by atoms with Gasteiger partial charge >= 0.3 is 0 Å². The van der Waals surface area contributed by atoms with Crippen LogP contribution in [0.3, 0.4) is 0 Å². The van der Waals surface area contributed by atoms with E-state index in [9.17, 15) is 0 Å². The monoisotopic (exact) mass is 793 g/mol. The quantitative estimate of drug-likeness (QED) is 0.161. The van der Waals surface area contributed by atoms with Gasteiger partial charge in [0.2, 0.25) is 0 Å². The number of aromatic nitrogens is 3. The van der Waals surface area contributed by atoms with Gasteiger partial charge in [-0.1, -0.05) is 188 Å². The molecule has 0 fully saturated rings.